The third-order valence-corrected chi connectivity index (χ3v) is 3.46. The van der Waals surface area contributed by atoms with Crippen molar-refractivity contribution in [1.82, 2.24) is 5.32 Å². The van der Waals surface area contributed by atoms with Crippen LogP contribution in [0.1, 0.15) is 32.1 Å². The zero-order chi connectivity index (χ0) is 12.4. The summed E-state index contributed by atoms with van der Waals surface area (Å²) in [6.07, 6.45) is 3.86. The minimum Gasteiger partial charge on any atom is -0.347 e. The highest BCUT2D eigenvalue weighted by Crippen LogP contribution is 2.22. The molecule has 3 N–H and O–H groups in total. The van der Waals surface area contributed by atoms with E-state index in [0.717, 1.165) is 19.3 Å². The second-order valence-electron chi connectivity index (χ2n) is 3.87. The lowest BCUT2D eigenvalue weighted by Gasteiger charge is -2.24. The van der Waals surface area contributed by atoms with Gasteiger partial charge in [0, 0.05) is 6.04 Å². The van der Waals surface area contributed by atoms with Crippen LogP contribution in [0.25, 0.3) is 0 Å². The number of carbonyl (C=O) groups excluding carboxylic acids is 1. The molecule has 0 aliphatic heterocycles. The molecule has 1 amide bonds. The highest BCUT2D eigenvalue weighted by Gasteiger charge is 2.51. The van der Waals surface area contributed by atoms with E-state index < -0.39 is 21.2 Å². The van der Waals surface area contributed by atoms with Crippen molar-refractivity contribution in [3.63, 3.8) is 0 Å². The van der Waals surface area contributed by atoms with E-state index in [1.165, 1.54) is 0 Å². The Balaban J connectivity index is 2.64. The fourth-order valence-electron chi connectivity index (χ4n) is 1.65. The molecular weight excluding hydrogens is 242 g/mol. The topological polar surface area (TPSA) is 89.3 Å². The SMILES string of the molecule is NS(=O)(=O)C(F)(F)C(=O)NC1CCCCC1. The summed E-state index contributed by atoms with van der Waals surface area (Å²) in [5.41, 5.74) is 0. The fraction of sp³-hybridized carbons (Fsp3) is 0.875. The van der Waals surface area contributed by atoms with Gasteiger partial charge in [-0.05, 0) is 12.8 Å². The van der Waals surface area contributed by atoms with Crippen LogP contribution >= 0.6 is 0 Å². The summed E-state index contributed by atoms with van der Waals surface area (Å²) in [4.78, 5) is 11.1. The number of hydrogen-bond acceptors (Lipinski definition) is 3. The van der Waals surface area contributed by atoms with Crippen LogP contribution < -0.4 is 10.5 Å². The standard InChI is InChI=1S/C8H14F2N2O3S/c9-8(10,16(11,14)15)7(13)12-6-4-2-1-3-5-6/h6H,1-5H2,(H,12,13)(H2,11,14,15). The van der Waals surface area contributed by atoms with Crippen LogP contribution in [0.15, 0.2) is 0 Å². The summed E-state index contributed by atoms with van der Waals surface area (Å²) in [7, 11) is -5.20. The summed E-state index contributed by atoms with van der Waals surface area (Å²) in [5, 5.41) is 1.75. The molecule has 0 aromatic rings. The Bertz CT molecular complexity index is 363. The summed E-state index contributed by atoms with van der Waals surface area (Å²) < 4.78 is 46.9. The maximum atomic E-state index is 13.0. The van der Waals surface area contributed by atoms with Gasteiger partial charge in [0.15, 0.2) is 0 Å². The van der Waals surface area contributed by atoms with Gasteiger partial charge in [-0.2, -0.15) is 8.78 Å². The number of sulfonamides is 1. The molecule has 0 aromatic heterocycles. The molecule has 0 bridgehead atoms. The van der Waals surface area contributed by atoms with E-state index in [0.29, 0.717) is 12.8 Å². The van der Waals surface area contributed by atoms with Crippen LogP contribution in [0.4, 0.5) is 8.78 Å². The molecule has 0 aromatic carbocycles. The number of amides is 1. The molecule has 0 radical (unpaired) electrons. The predicted octanol–water partition coefficient (Wildman–Crippen LogP) is 0.317. The number of carbonyl (C=O) groups is 1. The molecule has 94 valence electrons. The Morgan fingerprint density at radius 3 is 2.19 bits per heavy atom. The minimum atomic E-state index is -5.20. The number of primary sulfonamides is 1. The van der Waals surface area contributed by atoms with Gasteiger partial charge >= 0.3 is 11.2 Å². The molecular formula is C8H14F2N2O3S. The molecule has 1 aliphatic carbocycles. The van der Waals surface area contributed by atoms with E-state index in [-0.39, 0.29) is 6.04 Å². The van der Waals surface area contributed by atoms with Crippen LogP contribution in [0.2, 0.25) is 0 Å². The molecule has 16 heavy (non-hydrogen) atoms. The first-order valence-electron chi connectivity index (χ1n) is 4.96. The lowest BCUT2D eigenvalue weighted by Crippen LogP contribution is -2.51. The van der Waals surface area contributed by atoms with Crippen molar-refractivity contribution < 1.29 is 22.0 Å². The van der Waals surface area contributed by atoms with Gasteiger partial charge < -0.3 is 5.32 Å². The Morgan fingerprint density at radius 1 is 1.25 bits per heavy atom. The number of rotatable bonds is 3. The maximum absolute atomic E-state index is 13.0. The molecule has 1 aliphatic rings. The van der Waals surface area contributed by atoms with Crippen molar-refractivity contribution in [2.75, 3.05) is 0 Å². The average molecular weight is 256 g/mol. The van der Waals surface area contributed by atoms with E-state index in [2.05, 4.69) is 5.14 Å². The quantitative estimate of drug-likeness (QED) is 0.762. The highest BCUT2D eigenvalue weighted by atomic mass is 32.2. The molecule has 0 atom stereocenters. The number of halogens is 2. The summed E-state index contributed by atoms with van der Waals surface area (Å²) in [6, 6.07) is -0.381. The average Bonchev–Trinajstić information content (AvgIpc) is 2.17. The van der Waals surface area contributed by atoms with Crippen molar-refractivity contribution in [1.29, 1.82) is 0 Å². The van der Waals surface area contributed by atoms with Crippen molar-refractivity contribution >= 4 is 15.9 Å². The number of nitrogens with one attached hydrogen (secondary N) is 1. The van der Waals surface area contributed by atoms with E-state index in [4.69, 9.17) is 0 Å². The molecule has 5 nitrogen and oxygen atoms in total. The molecule has 8 heteroatoms. The van der Waals surface area contributed by atoms with Crippen LogP contribution in [0, 0.1) is 0 Å². The summed E-state index contributed by atoms with van der Waals surface area (Å²) in [6.45, 7) is 0. The summed E-state index contributed by atoms with van der Waals surface area (Å²) >= 11 is 0. The van der Waals surface area contributed by atoms with Crippen LogP contribution in [-0.4, -0.2) is 25.6 Å². The van der Waals surface area contributed by atoms with Crippen LogP contribution in [0.3, 0.4) is 0 Å². The van der Waals surface area contributed by atoms with E-state index >= 15 is 0 Å². The number of hydrogen-bond donors (Lipinski definition) is 2. The van der Waals surface area contributed by atoms with Gasteiger partial charge in [0.1, 0.15) is 0 Å². The first kappa shape index (κ1) is 13.3. The van der Waals surface area contributed by atoms with Gasteiger partial charge in [0.05, 0.1) is 0 Å². The Morgan fingerprint density at radius 2 is 1.75 bits per heavy atom. The first-order chi connectivity index (χ1) is 7.25. The molecule has 1 rings (SSSR count). The smallest absolute Gasteiger partial charge is 0.347 e. The van der Waals surface area contributed by atoms with Crippen LogP contribution in [-0.2, 0) is 14.8 Å². The van der Waals surface area contributed by atoms with Gasteiger partial charge in [-0.25, -0.2) is 13.6 Å². The first-order valence-corrected chi connectivity index (χ1v) is 6.51. The van der Waals surface area contributed by atoms with Crippen molar-refractivity contribution in [3.8, 4) is 0 Å². The van der Waals surface area contributed by atoms with Gasteiger partial charge in [0.25, 0.3) is 10.0 Å². The lowest BCUT2D eigenvalue weighted by molar-refractivity contribution is -0.136. The molecule has 0 spiro atoms. The fourth-order valence-corrected chi connectivity index (χ4v) is 1.96. The number of alkyl halides is 2. The second kappa shape index (κ2) is 4.62. The molecule has 1 saturated carbocycles. The molecule has 0 heterocycles. The van der Waals surface area contributed by atoms with E-state index in [9.17, 15) is 22.0 Å². The van der Waals surface area contributed by atoms with Gasteiger partial charge in [0.2, 0.25) is 0 Å². The normalized spacial score (nSPS) is 19.4. The van der Waals surface area contributed by atoms with Crippen molar-refractivity contribution in [3.05, 3.63) is 0 Å². The summed E-state index contributed by atoms with van der Waals surface area (Å²) in [5.74, 6) is -1.83. The van der Waals surface area contributed by atoms with E-state index in [1.54, 1.807) is 0 Å². The predicted molar refractivity (Wildman–Crippen MR) is 53.1 cm³/mol. The Hall–Kier alpha value is -0.760. The zero-order valence-corrected chi connectivity index (χ0v) is 9.40. The van der Waals surface area contributed by atoms with Gasteiger partial charge in [-0.15, -0.1) is 0 Å². The molecule has 0 saturated heterocycles. The van der Waals surface area contributed by atoms with E-state index in [1.807, 2.05) is 5.32 Å². The number of nitrogens with two attached hydrogens (primary N) is 1. The largest absolute Gasteiger partial charge is 0.434 e. The Labute approximate surface area is 92.4 Å². The highest BCUT2D eigenvalue weighted by molar-refractivity contribution is 7.91. The van der Waals surface area contributed by atoms with Gasteiger partial charge in [-0.1, -0.05) is 19.3 Å². The van der Waals surface area contributed by atoms with Crippen molar-refractivity contribution in [2.45, 2.75) is 43.4 Å². The van der Waals surface area contributed by atoms with Crippen molar-refractivity contribution in [2.24, 2.45) is 5.14 Å². The Kier molecular flexibility index (Phi) is 3.84. The minimum absolute atomic E-state index is 0.381. The third-order valence-electron chi connectivity index (χ3n) is 2.56. The lowest BCUT2D eigenvalue weighted by atomic mass is 9.95. The molecule has 1 fully saturated rings. The monoisotopic (exact) mass is 256 g/mol. The maximum Gasteiger partial charge on any atom is 0.434 e. The molecule has 0 unspecified atom stereocenters. The second-order valence-corrected chi connectivity index (χ2v) is 5.47. The zero-order valence-electron chi connectivity index (χ0n) is 8.58. The van der Waals surface area contributed by atoms with Gasteiger partial charge in [-0.3, -0.25) is 4.79 Å². The third kappa shape index (κ3) is 2.88. The van der Waals surface area contributed by atoms with Crippen LogP contribution in [0.5, 0.6) is 0 Å².